The van der Waals surface area contributed by atoms with Crippen molar-refractivity contribution >= 4 is 77.9 Å². The van der Waals surface area contributed by atoms with Crippen LogP contribution in [0, 0.1) is 0 Å². The molecule has 64 heavy (non-hydrogen) atoms. The normalized spacial score (nSPS) is 11.4. The summed E-state index contributed by atoms with van der Waals surface area (Å²) < 4.78 is 9.31. The number of fused-ring (bicyclic) bond motifs is 6. The molecule has 0 aliphatic heterocycles. The fraction of sp³-hybridized carbons (Fsp3) is 0. The van der Waals surface area contributed by atoms with E-state index in [2.05, 4.69) is 263 Å². The molecule has 0 radical (unpaired) electrons. The molecule has 0 saturated carbocycles. The van der Waals surface area contributed by atoms with Crippen LogP contribution >= 0.6 is 0 Å². The van der Waals surface area contributed by atoms with Crippen molar-refractivity contribution in [2.75, 3.05) is 9.80 Å². The Bertz CT molecular complexity index is 3560. The number of hydrogen-bond acceptors (Lipinski definition) is 3. The van der Waals surface area contributed by atoms with Gasteiger partial charge in [0.2, 0.25) is 0 Å². The van der Waals surface area contributed by atoms with E-state index in [9.17, 15) is 0 Å². The van der Waals surface area contributed by atoms with Gasteiger partial charge in [-0.05, 0) is 119 Å². The number of benzene rings is 10. The molecule has 0 aliphatic rings. The summed E-state index contributed by atoms with van der Waals surface area (Å²) in [5.74, 6) is 0. The van der Waals surface area contributed by atoms with Crippen molar-refractivity contribution < 1.29 is 4.42 Å². The standard InChI is InChI=1S/C60H41N3O/c1-5-17-42(18-6-1)43-31-35-49(36-32-43)62(51-26-15-25-50(41-51)61(46-19-7-2-8-20-46)47-21-9-3-10-22-47)57-30-16-28-54-55-39-44(34-38-59(55)64-60(54)57)45-33-37-53-52-27-13-14-29-56(52)63(58(53)40-45)48-23-11-4-12-24-48/h1-41H. The lowest BCUT2D eigenvalue weighted by Gasteiger charge is -2.29. The van der Waals surface area contributed by atoms with Crippen LogP contribution < -0.4 is 9.80 Å². The smallest absolute Gasteiger partial charge is 0.159 e. The van der Waals surface area contributed by atoms with Gasteiger partial charge in [0.1, 0.15) is 5.58 Å². The van der Waals surface area contributed by atoms with E-state index in [1.54, 1.807) is 0 Å². The lowest BCUT2D eigenvalue weighted by molar-refractivity contribution is 0.669. The molecule has 2 aromatic heterocycles. The largest absolute Gasteiger partial charge is 0.454 e. The highest BCUT2D eigenvalue weighted by Gasteiger charge is 2.22. The number of anilines is 6. The molecule has 0 aliphatic carbocycles. The van der Waals surface area contributed by atoms with Crippen molar-refractivity contribution in [1.82, 2.24) is 4.57 Å². The van der Waals surface area contributed by atoms with Crippen LogP contribution in [-0.2, 0) is 0 Å². The van der Waals surface area contributed by atoms with Crippen LogP contribution in [0.2, 0.25) is 0 Å². The number of para-hydroxylation sites is 5. The Balaban J connectivity index is 1.01. The summed E-state index contributed by atoms with van der Waals surface area (Å²) in [4.78, 5) is 4.63. The van der Waals surface area contributed by atoms with Gasteiger partial charge in [-0.15, -0.1) is 0 Å². The highest BCUT2D eigenvalue weighted by molar-refractivity contribution is 6.13. The maximum Gasteiger partial charge on any atom is 0.159 e. The number of hydrogen-bond donors (Lipinski definition) is 0. The van der Waals surface area contributed by atoms with Gasteiger partial charge in [0.25, 0.3) is 0 Å². The summed E-state index contributed by atoms with van der Waals surface area (Å²) >= 11 is 0. The summed E-state index contributed by atoms with van der Waals surface area (Å²) in [6.45, 7) is 0. The van der Waals surface area contributed by atoms with Gasteiger partial charge in [0, 0.05) is 55.7 Å². The Morgan fingerprint density at radius 2 is 0.812 bits per heavy atom. The third-order valence-corrected chi connectivity index (χ3v) is 12.3. The minimum absolute atomic E-state index is 0.829. The Morgan fingerprint density at radius 3 is 1.55 bits per heavy atom. The molecule has 302 valence electrons. The predicted molar refractivity (Wildman–Crippen MR) is 268 cm³/mol. The molecule has 2 heterocycles. The molecule has 0 atom stereocenters. The molecule has 0 fully saturated rings. The highest BCUT2D eigenvalue weighted by Crippen LogP contribution is 2.45. The minimum atomic E-state index is 0.829. The zero-order valence-corrected chi connectivity index (χ0v) is 34.9. The third-order valence-electron chi connectivity index (χ3n) is 12.3. The molecule has 0 saturated heterocycles. The van der Waals surface area contributed by atoms with Gasteiger partial charge < -0.3 is 18.8 Å². The van der Waals surface area contributed by atoms with Gasteiger partial charge in [-0.2, -0.15) is 0 Å². The molecule has 4 nitrogen and oxygen atoms in total. The number of aromatic nitrogens is 1. The number of nitrogens with zero attached hydrogens (tertiary/aromatic N) is 3. The second-order valence-electron chi connectivity index (χ2n) is 16.2. The lowest BCUT2D eigenvalue weighted by atomic mass is 10.0. The minimum Gasteiger partial charge on any atom is -0.454 e. The second kappa shape index (κ2) is 15.7. The molecule has 12 rings (SSSR count). The fourth-order valence-corrected chi connectivity index (χ4v) is 9.38. The molecular formula is C60H41N3O. The lowest BCUT2D eigenvalue weighted by Crippen LogP contribution is -2.13. The first kappa shape index (κ1) is 37.2. The van der Waals surface area contributed by atoms with Crippen LogP contribution in [0.15, 0.2) is 253 Å². The first-order valence-corrected chi connectivity index (χ1v) is 21.8. The van der Waals surface area contributed by atoms with Crippen molar-refractivity contribution in [1.29, 1.82) is 0 Å². The average Bonchev–Trinajstić information content (AvgIpc) is 3.91. The van der Waals surface area contributed by atoms with Crippen molar-refractivity contribution in [3.63, 3.8) is 0 Å². The Kier molecular flexibility index (Phi) is 9.12. The zero-order valence-electron chi connectivity index (χ0n) is 34.9. The summed E-state index contributed by atoms with van der Waals surface area (Å²) in [7, 11) is 0. The van der Waals surface area contributed by atoms with E-state index in [-0.39, 0.29) is 0 Å². The SMILES string of the molecule is c1ccc(-c2ccc(N(c3cccc(N(c4ccccc4)c4ccccc4)c3)c3cccc4c3oc3ccc(-c5ccc6c7ccccc7n(-c7ccccc7)c6c5)cc34)cc2)cc1. The van der Waals surface area contributed by atoms with Crippen molar-refractivity contribution in [2.24, 2.45) is 0 Å². The van der Waals surface area contributed by atoms with E-state index in [4.69, 9.17) is 4.42 Å². The van der Waals surface area contributed by atoms with E-state index in [1.807, 2.05) is 0 Å². The molecule has 10 aromatic carbocycles. The van der Waals surface area contributed by atoms with E-state index < -0.39 is 0 Å². The van der Waals surface area contributed by atoms with Gasteiger partial charge in [-0.3, -0.25) is 0 Å². The highest BCUT2D eigenvalue weighted by atomic mass is 16.3. The van der Waals surface area contributed by atoms with E-state index in [0.29, 0.717) is 0 Å². The van der Waals surface area contributed by atoms with Crippen LogP contribution in [0.4, 0.5) is 34.1 Å². The fourth-order valence-electron chi connectivity index (χ4n) is 9.38. The van der Waals surface area contributed by atoms with E-state index in [0.717, 1.165) is 78.4 Å². The Labute approximate surface area is 371 Å². The molecule has 12 aromatic rings. The monoisotopic (exact) mass is 819 g/mol. The maximum atomic E-state index is 6.94. The second-order valence-corrected chi connectivity index (χ2v) is 16.2. The maximum absolute atomic E-state index is 6.94. The van der Waals surface area contributed by atoms with Crippen LogP contribution in [-0.4, -0.2) is 4.57 Å². The summed E-state index contributed by atoms with van der Waals surface area (Å²) in [5, 5.41) is 4.62. The molecule has 0 bridgehead atoms. The van der Waals surface area contributed by atoms with Crippen LogP contribution in [0.3, 0.4) is 0 Å². The van der Waals surface area contributed by atoms with Crippen LogP contribution in [0.1, 0.15) is 0 Å². The van der Waals surface area contributed by atoms with Gasteiger partial charge in [-0.1, -0.05) is 152 Å². The topological polar surface area (TPSA) is 24.6 Å². The molecule has 0 amide bonds. The van der Waals surface area contributed by atoms with Crippen molar-refractivity contribution in [3.05, 3.63) is 249 Å². The third kappa shape index (κ3) is 6.48. The Hall–Kier alpha value is -8.60. The quantitative estimate of drug-likeness (QED) is 0.145. The molecular weight excluding hydrogens is 779 g/mol. The van der Waals surface area contributed by atoms with Gasteiger partial charge in [0.05, 0.1) is 16.7 Å². The molecule has 4 heteroatoms. The molecule has 0 spiro atoms. The van der Waals surface area contributed by atoms with Crippen LogP contribution in [0.25, 0.3) is 71.7 Å². The van der Waals surface area contributed by atoms with Crippen LogP contribution in [0.5, 0.6) is 0 Å². The summed E-state index contributed by atoms with van der Waals surface area (Å²) in [6.07, 6.45) is 0. The Morgan fingerprint density at radius 1 is 0.297 bits per heavy atom. The zero-order chi connectivity index (χ0) is 42.4. The van der Waals surface area contributed by atoms with Gasteiger partial charge in [0.15, 0.2) is 5.58 Å². The van der Waals surface area contributed by atoms with E-state index in [1.165, 1.54) is 27.4 Å². The van der Waals surface area contributed by atoms with Gasteiger partial charge >= 0.3 is 0 Å². The number of rotatable bonds is 9. The first-order chi connectivity index (χ1) is 31.7. The van der Waals surface area contributed by atoms with Crippen molar-refractivity contribution in [3.8, 4) is 27.9 Å². The number of furan rings is 1. The van der Waals surface area contributed by atoms with Crippen molar-refractivity contribution in [2.45, 2.75) is 0 Å². The average molecular weight is 820 g/mol. The van der Waals surface area contributed by atoms with Gasteiger partial charge in [-0.25, -0.2) is 0 Å². The summed E-state index contributed by atoms with van der Waals surface area (Å²) in [5.41, 5.74) is 16.0. The van der Waals surface area contributed by atoms with E-state index >= 15 is 0 Å². The molecule has 0 unspecified atom stereocenters. The predicted octanol–water partition coefficient (Wildman–Crippen LogP) is 17.0. The summed E-state index contributed by atoms with van der Waals surface area (Å²) in [6, 6.07) is 88.6. The molecule has 0 N–H and O–H groups in total. The first-order valence-electron chi connectivity index (χ1n) is 21.8.